The van der Waals surface area contributed by atoms with Crippen LogP contribution in [0.4, 0.5) is 20.2 Å². The number of piperidine rings is 2. The maximum atomic E-state index is 13.7. The van der Waals surface area contributed by atoms with Gasteiger partial charge in [0.25, 0.3) is 5.91 Å². The molecule has 2 aliphatic heterocycles. The molecule has 0 spiro atoms. The Kier molecular flexibility index (Phi) is 10.1. The van der Waals surface area contributed by atoms with Crippen molar-refractivity contribution in [3.63, 3.8) is 0 Å². The number of nitrogens with one attached hydrogen (secondary N) is 2. The highest BCUT2D eigenvalue weighted by atomic mass is 19.1. The number of nitrogens with zero attached hydrogens (tertiary/aromatic N) is 6. The molecule has 1 saturated carbocycles. The van der Waals surface area contributed by atoms with Crippen molar-refractivity contribution >= 4 is 51.0 Å². The van der Waals surface area contributed by atoms with Crippen LogP contribution in [0.2, 0.25) is 0 Å². The van der Waals surface area contributed by atoms with Gasteiger partial charge in [-0.1, -0.05) is 6.07 Å². The number of carbonyl (C=O) groups is 3. The molecule has 1 aliphatic carbocycles. The molecule has 2 saturated heterocycles. The van der Waals surface area contributed by atoms with Crippen molar-refractivity contribution in [2.24, 2.45) is 13.0 Å². The van der Waals surface area contributed by atoms with Crippen LogP contribution in [-0.2, 0) is 16.6 Å². The highest BCUT2D eigenvalue weighted by Crippen LogP contribution is 2.37. The van der Waals surface area contributed by atoms with Crippen LogP contribution in [0.1, 0.15) is 73.8 Å². The largest absolute Gasteiger partial charge is 0.494 e. The van der Waals surface area contributed by atoms with E-state index in [9.17, 15) is 28.0 Å². The molecule has 0 radical (unpaired) electrons. The van der Waals surface area contributed by atoms with Gasteiger partial charge in [-0.3, -0.25) is 33.5 Å². The van der Waals surface area contributed by atoms with Crippen molar-refractivity contribution < 1.29 is 27.9 Å². The van der Waals surface area contributed by atoms with Crippen molar-refractivity contribution in [3.05, 3.63) is 82.4 Å². The van der Waals surface area contributed by atoms with Crippen LogP contribution in [0.15, 0.2) is 59.5 Å². The summed E-state index contributed by atoms with van der Waals surface area (Å²) >= 11 is 0. The van der Waals surface area contributed by atoms with Gasteiger partial charge in [0.15, 0.2) is 0 Å². The van der Waals surface area contributed by atoms with Gasteiger partial charge in [0, 0.05) is 68.4 Å². The lowest BCUT2D eigenvalue weighted by molar-refractivity contribution is -0.135. The molecule has 1 unspecified atom stereocenters. The molecule has 13 nitrogen and oxygen atoms in total. The Labute approximate surface area is 322 Å². The number of methoxy groups -OCH3 is 1. The van der Waals surface area contributed by atoms with Gasteiger partial charge in [-0.15, -0.1) is 0 Å². The molecule has 3 aromatic carbocycles. The minimum absolute atomic E-state index is 0.128. The van der Waals surface area contributed by atoms with Gasteiger partial charge >= 0.3 is 5.69 Å². The normalized spacial score (nSPS) is 20.9. The summed E-state index contributed by atoms with van der Waals surface area (Å²) in [5, 5.41) is 10.8. The second kappa shape index (κ2) is 15.2. The average Bonchev–Trinajstić information content (AvgIpc) is 3.71. The molecular weight excluding hydrogens is 722 g/mol. The molecule has 5 aromatic rings. The van der Waals surface area contributed by atoms with Crippen molar-refractivity contribution in [1.29, 1.82) is 0 Å². The molecule has 3 fully saturated rings. The lowest BCUT2D eigenvalue weighted by Gasteiger charge is -2.40. The first-order valence-corrected chi connectivity index (χ1v) is 19.3. The number of benzene rings is 3. The van der Waals surface area contributed by atoms with Gasteiger partial charge in [0.1, 0.15) is 23.4 Å². The third kappa shape index (κ3) is 7.15. The number of halogens is 2. The van der Waals surface area contributed by atoms with Crippen LogP contribution >= 0.6 is 0 Å². The number of aryl methyl sites for hydroxylation is 1. The first kappa shape index (κ1) is 37.4. The average molecular weight is 769 g/mol. The van der Waals surface area contributed by atoms with Gasteiger partial charge in [0.05, 0.1) is 41.1 Å². The number of hydrogen-bond acceptors (Lipinski definition) is 8. The topological polar surface area (TPSA) is 136 Å². The highest BCUT2D eigenvalue weighted by molar-refractivity contribution is 6.06. The Bertz CT molecular complexity index is 2370. The number of anilines is 2. The SMILES string of the molecule is COc1cc2nn(C3CCC(CN(C)C4CCN(c5cccc6c5n(C)c(=O)n6C5CCC(=O)NC5=O)CC4)CC3)cc2cc1NC(=O)c1cc(F)cc(F)c1. The minimum Gasteiger partial charge on any atom is -0.494 e. The zero-order valence-electron chi connectivity index (χ0n) is 31.8. The Morgan fingerprint density at radius 1 is 0.982 bits per heavy atom. The quantitative estimate of drug-likeness (QED) is 0.187. The molecule has 3 amide bonds. The molecule has 2 N–H and O–H groups in total. The number of aromatic nitrogens is 4. The third-order valence-electron chi connectivity index (χ3n) is 12.0. The van der Waals surface area contributed by atoms with Gasteiger partial charge in [-0.05, 0) is 88.2 Å². The molecule has 8 rings (SSSR count). The predicted molar refractivity (Wildman–Crippen MR) is 208 cm³/mol. The molecule has 15 heteroatoms. The van der Waals surface area contributed by atoms with Crippen LogP contribution in [0.25, 0.3) is 21.9 Å². The van der Waals surface area contributed by atoms with Crippen LogP contribution in [0, 0.1) is 17.6 Å². The summed E-state index contributed by atoms with van der Waals surface area (Å²) in [5.74, 6) is -2.07. The number of carbonyl (C=O) groups excluding carboxylic acids is 3. The zero-order chi connectivity index (χ0) is 39.2. The van der Waals surface area contributed by atoms with Gasteiger partial charge in [-0.2, -0.15) is 5.10 Å². The summed E-state index contributed by atoms with van der Waals surface area (Å²) in [6.45, 7) is 2.73. The van der Waals surface area contributed by atoms with Crippen LogP contribution in [-0.4, -0.2) is 81.4 Å². The van der Waals surface area contributed by atoms with E-state index in [0.29, 0.717) is 35.3 Å². The summed E-state index contributed by atoms with van der Waals surface area (Å²) in [4.78, 5) is 55.6. The number of para-hydroxylation sites is 1. The predicted octanol–water partition coefficient (Wildman–Crippen LogP) is 5.54. The van der Waals surface area contributed by atoms with Crippen LogP contribution in [0.5, 0.6) is 5.75 Å². The number of rotatable bonds is 9. The summed E-state index contributed by atoms with van der Waals surface area (Å²) in [6.07, 6.45) is 8.65. The van der Waals surface area contributed by atoms with E-state index in [1.54, 1.807) is 28.3 Å². The third-order valence-corrected chi connectivity index (χ3v) is 12.0. The van der Waals surface area contributed by atoms with E-state index in [1.807, 2.05) is 29.1 Å². The van der Waals surface area contributed by atoms with E-state index < -0.39 is 29.5 Å². The summed E-state index contributed by atoms with van der Waals surface area (Å²) < 4.78 is 38.2. The number of amides is 3. The molecule has 3 aliphatic rings. The molecule has 0 bridgehead atoms. The second-order valence-electron chi connectivity index (χ2n) is 15.5. The molecule has 2 aromatic heterocycles. The van der Waals surface area contributed by atoms with E-state index in [-0.39, 0.29) is 29.6 Å². The minimum atomic E-state index is -0.829. The lowest BCUT2D eigenvalue weighted by Crippen LogP contribution is -2.45. The maximum Gasteiger partial charge on any atom is 0.329 e. The summed E-state index contributed by atoms with van der Waals surface area (Å²) in [6, 6.07) is 12.1. The van der Waals surface area contributed by atoms with Crippen molar-refractivity contribution in [2.75, 3.05) is 44.0 Å². The van der Waals surface area contributed by atoms with E-state index in [2.05, 4.69) is 27.5 Å². The van der Waals surface area contributed by atoms with Crippen LogP contribution in [0.3, 0.4) is 0 Å². The smallest absolute Gasteiger partial charge is 0.329 e. The number of fused-ring (bicyclic) bond motifs is 2. The van der Waals surface area contributed by atoms with Gasteiger partial charge < -0.3 is 19.9 Å². The number of ether oxygens (including phenoxy) is 1. The molecule has 294 valence electrons. The first-order chi connectivity index (χ1) is 27.0. The zero-order valence-corrected chi connectivity index (χ0v) is 31.8. The van der Waals surface area contributed by atoms with Crippen molar-refractivity contribution in [1.82, 2.24) is 29.1 Å². The van der Waals surface area contributed by atoms with Gasteiger partial charge in [0.2, 0.25) is 11.8 Å². The van der Waals surface area contributed by atoms with E-state index in [4.69, 9.17) is 9.84 Å². The first-order valence-electron chi connectivity index (χ1n) is 19.3. The molecule has 1 atom stereocenters. The standard InChI is InChI=1S/C41H46F2N8O5/c1-47(29-13-15-49(16-14-29)33-5-4-6-34-38(33)48(2)41(55)51(34)35-11-12-37(52)45-40(35)54)22-24-7-9-30(10-8-24)50-23-26-19-32(36(56-3)21-31(26)46-50)44-39(53)25-17-27(42)20-28(43)18-25/h4-6,17-21,23-24,29-30,35H,7-16,22H2,1-3H3,(H,44,53)(H,45,52,54). The molecule has 56 heavy (non-hydrogen) atoms. The number of imidazole rings is 1. The fraction of sp³-hybridized carbons (Fsp3) is 0.439. The fourth-order valence-electron chi connectivity index (χ4n) is 9.00. The molecular formula is C41H46F2N8O5. The van der Waals surface area contributed by atoms with E-state index in [0.717, 1.165) is 98.5 Å². The Morgan fingerprint density at radius 3 is 2.41 bits per heavy atom. The Balaban J connectivity index is 0.868. The monoisotopic (exact) mass is 768 g/mol. The Hall–Kier alpha value is -5.57. The van der Waals surface area contributed by atoms with Crippen LogP contribution < -0.4 is 26.0 Å². The second-order valence-corrected chi connectivity index (χ2v) is 15.5. The van der Waals surface area contributed by atoms with E-state index >= 15 is 0 Å². The summed E-state index contributed by atoms with van der Waals surface area (Å²) in [7, 11) is 5.47. The maximum absolute atomic E-state index is 13.7. The van der Waals surface area contributed by atoms with Crippen molar-refractivity contribution in [2.45, 2.75) is 69.5 Å². The van der Waals surface area contributed by atoms with Gasteiger partial charge in [-0.25, -0.2) is 13.6 Å². The summed E-state index contributed by atoms with van der Waals surface area (Å²) in [5.41, 5.74) is 3.23. The lowest BCUT2D eigenvalue weighted by atomic mass is 9.85. The van der Waals surface area contributed by atoms with Crippen molar-refractivity contribution in [3.8, 4) is 5.75 Å². The number of hydrogen-bond donors (Lipinski definition) is 2. The van der Waals surface area contributed by atoms with E-state index in [1.165, 1.54) is 7.11 Å². The highest BCUT2D eigenvalue weighted by Gasteiger charge is 2.33. The fourth-order valence-corrected chi connectivity index (χ4v) is 9.00. The molecule has 4 heterocycles. The Morgan fingerprint density at radius 2 is 1.71 bits per heavy atom. The number of imide groups is 1.